The highest BCUT2D eigenvalue weighted by Gasteiger charge is 2.59. The normalized spacial score (nSPS) is 46.1. The standard InChI is InChI=1S/C9H15NO2/c1-9(5-6(9)8(11)12)7-3-2-4-10-7/h6-7,10H,2-5H2,1H3,(H,11,12). The van der Waals surface area contributed by atoms with Crippen molar-refractivity contribution in [1.29, 1.82) is 0 Å². The first-order valence-electron chi connectivity index (χ1n) is 4.61. The third-order valence-electron chi connectivity index (χ3n) is 3.43. The van der Waals surface area contributed by atoms with Crippen molar-refractivity contribution in [3.8, 4) is 0 Å². The molecule has 0 aromatic rings. The summed E-state index contributed by atoms with van der Waals surface area (Å²) in [6.07, 6.45) is 3.22. The molecule has 3 heteroatoms. The van der Waals surface area contributed by atoms with Gasteiger partial charge in [0.15, 0.2) is 0 Å². The molecule has 3 atom stereocenters. The summed E-state index contributed by atoms with van der Waals surface area (Å²) in [4.78, 5) is 10.7. The molecule has 3 unspecified atom stereocenters. The molecule has 2 fully saturated rings. The van der Waals surface area contributed by atoms with Crippen LogP contribution >= 0.6 is 0 Å². The van der Waals surface area contributed by atoms with Crippen molar-refractivity contribution in [2.45, 2.75) is 32.2 Å². The van der Waals surface area contributed by atoms with Gasteiger partial charge in [0.2, 0.25) is 0 Å². The number of carbonyl (C=O) groups is 1. The third kappa shape index (κ3) is 1.04. The summed E-state index contributed by atoms with van der Waals surface area (Å²) in [6, 6.07) is 0.457. The highest BCUT2D eigenvalue weighted by atomic mass is 16.4. The number of hydrogen-bond acceptors (Lipinski definition) is 2. The fraction of sp³-hybridized carbons (Fsp3) is 0.889. The van der Waals surface area contributed by atoms with Crippen LogP contribution in [0.1, 0.15) is 26.2 Å². The van der Waals surface area contributed by atoms with Crippen LogP contribution in [-0.4, -0.2) is 23.7 Å². The van der Waals surface area contributed by atoms with Crippen LogP contribution in [0, 0.1) is 11.3 Å². The lowest BCUT2D eigenvalue weighted by Gasteiger charge is -2.18. The summed E-state index contributed by atoms with van der Waals surface area (Å²) >= 11 is 0. The number of nitrogens with one attached hydrogen (secondary N) is 1. The molecule has 0 aromatic heterocycles. The van der Waals surface area contributed by atoms with Gasteiger partial charge in [-0.05, 0) is 31.2 Å². The Morgan fingerprint density at radius 3 is 2.83 bits per heavy atom. The van der Waals surface area contributed by atoms with E-state index < -0.39 is 5.97 Å². The molecule has 0 bridgehead atoms. The maximum atomic E-state index is 10.7. The lowest BCUT2D eigenvalue weighted by Crippen LogP contribution is -2.32. The molecule has 0 radical (unpaired) electrons. The smallest absolute Gasteiger partial charge is 0.307 e. The molecule has 0 amide bonds. The Kier molecular flexibility index (Phi) is 1.65. The molecule has 1 saturated heterocycles. The quantitative estimate of drug-likeness (QED) is 0.644. The van der Waals surface area contributed by atoms with Gasteiger partial charge < -0.3 is 10.4 Å². The average molecular weight is 169 g/mol. The van der Waals surface area contributed by atoms with Gasteiger partial charge in [-0.2, -0.15) is 0 Å². The lowest BCUT2D eigenvalue weighted by atomic mass is 9.94. The van der Waals surface area contributed by atoms with Crippen LogP contribution < -0.4 is 5.32 Å². The van der Waals surface area contributed by atoms with E-state index in [2.05, 4.69) is 12.2 Å². The Hall–Kier alpha value is -0.570. The van der Waals surface area contributed by atoms with Crippen molar-refractivity contribution in [2.75, 3.05) is 6.54 Å². The summed E-state index contributed by atoms with van der Waals surface area (Å²) in [5, 5.41) is 12.2. The highest BCUT2D eigenvalue weighted by molar-refractivity contribution is 5.75. The van der Waals surface area contributed by atoms with Gasteiger partial charge in [0.05, 0.1) is 5.92 Å². The molecular weight excluding hydrogens is 154 g/mol. The molecule has 2 aliphatic rings. The molecule has 0 spiro atoms. The van der Waals surface area contributed by atoms with Crippen LogP contribution in [0.4, 0.5) is 0 Å². The molecule has 0 aromatic carbocycles. The molecule has 12 heavy (non-hydrogen) atoms. The minimum Gasteiger partial charge on any atom is -0.481 e. The van der Waals surface area contributed by atoms with Crippen LogP contribution in [0.3, 0.4) is 0 Å². The fourth-order valence-electron chi connectivity index (χ4n) is 2.38. The van der Waals surface area contributed by atoms with Crippen LogP contribution in [0.2, 0.25) is 0 Å². The summed E-state index contributed by atoms with van der Waals surface area (Å²) < 4.78 is 0. The molecule has 1 saturated carbocycles. The largest absolute Gasteiger partial charge is 0.481 e. The molecule has 1 heterocycles. The fourth-order valence-corrected chi connectivity index (χ4v) is 2.38. The first kappa shape index (κ1) is 8.05. The molecule has 2 N–H and O–H groups in total. The number of rotatable bonds is 2. The van der Waals surface area contributed by atoms with E-state index >= 15 is 0 Å². The van der Waals surface area contributed by atoms with Crippen molar-refractivity contribution in [3.63, 3.8) is 0 Å². The molecule has 1 aliphatic heterocycles. The zero-order valence-electron chi connectivity index (χ0n) is 7.34. The highest BCUT2D eigenvalue weighted by Crippen LogP contribution is 2.56. The maximum absolute atomic E-state index is 10.7. The van der Waals surface area contributed by atoms with Crippen LogP contribution in [0.15, 0.2) is 0 Å². The zero-order chi connectivity index (χ0) is 8.77. The van der Waals surface area contributed by atoms with E-state index in [1.54, 1.807) is 0 Å². The van der Waals surface area contributed by atoms with E-state index in [4.69, 9.17) is 5.11 Å². The van der Waals surface area contributed by atoms with Gasteiger partial charge in [-0.25, -0.2) is 0 Å². The summed E-state index contributed by atoms with van der Waals surface area (Å²) in [5.74, 6) is -0.709. The minimum atomic E-state index is -0.619. The predicted octanol–water partition coefficient (Wildman–Crippen LogP) is 0.849. The molecule has 3 nitrogen and oxygen atoms in total. The topological polar surface area (TPSA) is 49.3 Å². The van der Waals surface area contributed by atoms with E-state index in [9.17, 15) is 4.79 Å². The van der Waals surface area contributed by atoms with Crippen molar-refractivity contribution in [1.82, 2.24) is 5.32 Å². The minimum absolute atomic E-state index is 0.0579. The zero-order valence-corrected chi connectivity index (χ0v) is 7.34. The van der Waals surface area contributed by atoms with Crippen molar-refractivity contribution >= 4 is 5.97 Å². The van der Waals surface area contributed by atoms with Crippen molar-refractivity contribution in [3.05, 3.63) is 0 Å². The van der Waals surface area contributed by atoms with Gasteiger partial charge in [0.1, 0.15) is 0 Å². The number of hydrogen-bond donors (Lipinski definition) is 2. The average Bonchev–Trinajstić information content (AvgIpc) is 2.52. The molecule has 68 valence electrons. The van der Waals surface area contributed by atoms with Crippen molar-refractivity contribution in [2.24, 2.45) is 11.3 Å². The van der Waals surface area contributed by atoms with Gasteiger partial charge >= 0.3 is 5.97 Å². The van der Waals surface area contributed by atoms with Gasteiger partial charge in [-0.1, -0.05) is 6.92 Å². The summed E-state index contributed by atoms with van der Waals surface area (Å²) in [6.45, 7) is 3.15. The number of carboxylic acids is 1. The van der Waals surface area contributed by atoms with Gasteiger partial charge in [-0.15, -0.1) is 0 Å². The maximum Gasteiger partial charge on any atom is 0.307 e. The Morgan fingerprint density at radius 2 is 2.42 bits per heavy atom. The second-order valence-electron chi connectivity index (χ2n) is 4.25. The predicted molar refractivity (Wildman–Crippen MR) is 44.9 cm³/mol. The third-order valence-corrected chi connectivity index (χ3v) is 3.43. The lowest BCUT2D eigenvalue weighted by molar-refractivity contribution is -0.139. The summed E-state index contributed by atoms with van der Waals surface area (Å²) in [7, 11) is 0. The SMILES string of the molecule is CC1(C2CCCN2)CC1C(=O)O. The number of carboxylic acid groups (broad SMARTS) is 1. The Bertz CT molecular complexity index is 211. The first-order valence-corrected chi connectivity index (χ1v) is 4.61. The van der Waals surface area contributed by atoms with Gasteiger partial charge in [0.25, 0.3) is 0 Å². The van der Waals surface area contributed by atoms with Crippen LogP contribution in [0.5, 0.6) is 0 Å². The second kappa shape index (κ2) is 2.46. The van der Waals surface area contributed by atoms with E-state index in [1.807, 2.05) is 0 Å². The van der Waals surface area contributed by atoms with Crippen molar-refractivity contribution < 1.29 is 9.90 Å². The molecule has 1 aliphatic carbocycles. The first-order chi connectivity index (χ1) is 5.64. The van der Waals surface area contributed by atoms with Crippen LogP contribution in [-0.2, 0) is 4.79 Å². The molecular formula is C9H15NO2. The van der Waals surface area contributed by atoms with E-state index in [0.29, 0.717) is 6.04 Å². The Balaban J connectivity index is 2.00. The van der Waals surface area contributed by atoms with E-state index in [1.165, 1.54) is 6.42 Å². The van der Waals surface area contributed by atoms with E-state index in [-0.39, 0.29) is 11.3 Å². The number of aliphatic carboxylic acids is 1. The monoisotopic (exact) mass is 169 g/mol. The molecule has 2 rings (SSSR count). The summed E-state index contributed by atoms with van der Waals surface area (Å²) in [5.41, 5.74) is 0.0579. The Labute approximate surface area is 72.2 Å². The Morgan fingerprint density at radius 1 is 1.67 bits per heavy atom. The second-order valence-corrected chi connectivity index (χ2v) is 4.25. The van der Waals surface area contributed by atoms with Gasteiger partial charge in [-0.3, -0.25) is 4.79 Å². The van der Waals surface area contributed by atoms with Gasteiger partial charge in [0, 0.05) is 6.04 Å². The van der Waals surface area contributed by atoms with Crippen LogP contribution in [0.25, 0.3) is 0 Å². The van der Waals surface area contributed by atoms with E-state index in [0.717, 1.165) is 19.4 Å².